The number of piperidine rings is 1. The number of aromatic nitrogens is 4. The molecule has 0 N–H and O–H groups in total. The number of hydrogen-bond donors (Lipinski definition) is 0. The van der Waals surface area contributed by atoms with Crippen LogP contribution in [0.25, 0.3) is 11.2 Å². The molecule has 1 atom stereocenters. The molecule has 0 saturated carbocycles. The van der Waals surface area contributed by atoms with Crippen molar-refractivity contribution in [1.82, 2.24) is 24.6 Å². The molecule has 0 spiro atoms. The van der Waals surface area contributed by atoms with Crippen LogP contribution in [0.4, 0.5) is 0 Å². The first kappa shape index (κ1) is 11.9. The van der Waals surface area contributed by atoms with Crippen molar-refractivity contribution in [2.45, 2.75) is 19.4 Å². The number of fused-ring (bicyclic) bond motifs is 1. The lowest BCUT2D eigenvalue weighted by Crippen LogP contribution is -2.34. The van der Waals surface area contributed by atoms with Crippen LogP contribution >= 0.6 is 11.6 Å². The predicted octanol–water partition coefficient (Wildman–Crippen LogP) is 1.82. The summed E-state index contributed by atoms with van der Waals surface area (Å²) in [4.78, 5) is 6.71. The minimum atomic E-state index is 0.394. The zero-order valence-electron chi connectivity index (χ0n) is 10.4. The van der Waals surface area contributed by atoms with Gasteiger partial charge >= 0.3 is 0 Å². The maximum Gasteiger partial charge on any atom is 0.182 e. The van der Waals surface area contributed by atoms with Crippen molar-refractivity contribution in [2.75, 3.05) is 20.1 Å². The standard InChI is InChI=1S/C12H16ClN5/c1-17-4-2-3-9(6-17)7-18-8-14-10-5-11(13)15-16-12(10)18/h5,8-9H,2-4,6-7H2,1H3/t9-/m1/s1. The number of hydrogen-bond acceptors (Lipinski definition) is 4. The van der Waals surface area contributed by atoms with Gasteiger partial charge in [0.25, 0.3) is 0 Å². The van der Waals surface area contributed by atoms with Crippen molar-refractivity contribution in [1.29, 1.82) is 0 Å². The van der Waals surface area contributed by atoms with Gasteiger partial charge in [-0.05, 0) is 32.4 Å². The predicted molar refractivity (Wildman–Crippen MR) is 70.6 cm³/mol. The third-order valence-electron chi connectivity index (χ3n) is 3.51. The van der Waals surface area contributed by atoms with Gasteiger partial charge in [0.05, 0.1) is 6.33 Å². The van der Waals surface area contributed by atoms with Crippen LogP contribution in [-0.2, 0) is 6.54 Å². The number of nitrogens with zero attached hydrogens (tertiary/aromatic N) is 5. The van der Waals surface area contributed by atoms with Gasteiger partial charge in [-0.25, -0.2) is 4.98 Å². The van der Waals surface area contributed by atoms with E-state index in [4.69, 9.17) is 11.6 Å². The third kappa shape index (κ3) is 2.33. The Kier molecular flexibility index (Phi) is 3.18. The van der Waals surface area contributed by atoms with Crippen LogP contribution in [0.2, 0.25) is 5.15 Å². The molecule has 2 aromatic rings. The van der Waals surface area contributed by atoms with Gasteiger partial charge < -0.3 is 9.47 Å². The molecule has 6 heteroatoms. The summed E-state index contributed by atoms with van der Waals surface area (Å²) in [6.07, 6.45) is 4.38. The molecule has 0 radical (unpaired) electrons. The van der Waals surface area contributed by atoms with Gasteiger partial charge in [-0.2, -0.15) is 0 Å². The van der Waals surface area contributed by atoms with E-state index in [1.165, 1.54) is 19.4 Å². The average Bonchev–Trinajstić information content (AvgIpc) is 2.72. The Hall–Kier alpha value is -1.20. The molecule has 18 heavy (non-hydrogen) atoms. The molecule has 5 nitrogen and oxygen atoms in total. The highest BCUT2D eigenvalue weighted by Crippen LogP contribution is 2.19. The lowest BCUT2D eigenvalue weighted by Gasteiger charge is -2.29. The normalized spacial score (nSPS) is 21.6. The molecule has 0 bridgehead atoms. The number of halogens is 1. The molecule has 1 aliphatic heterocycles. The van der Waals surface area contributed by atoms with E-state index >= 15 is 0 Å². The van der Waals surface area contributed by atoms with Crippen molar-refractivity contribution >= 4 is 22.8 Å². The zero-order valence-corrected chi connectivity index (χ0v) is 11.1. The molecule has 1 fully saturated rings. The van der Waals surface area contributed by atoms with Gasteiger partial charge in [0.2, 0.25) is 0 Å². The summed E-state index contributed by atoms with van der Waals surface area (Å²) in [5.74, 6) is 0.665. The molecule has 3 rings (SSSR count). The fourth-order valence-electron chi connectivity index (χ4n) is 2.67. The molecule has 1 aliphatic rings. The summed E-state index contributed by atoms with van der Waals surface area (Å²) in [6.45, 7) is 3.30. The van der Waals surface area contributed by atoms with Crippen LogP contribution < -0.4 is 0 Å². The Balaban J connectivity index is 1.82. The van der Waals surface area contributed by atoms with E-state index in [2.05, 4.69) is 31.7 Å². The van der Waals surface area contributed by atoms with E-state index in [0.717, 1.165) is 24.3 Å². The van der Waals surface area contributed by atoms with Crippen LogP contribution in [0.15, 0.2) is 12.4 Å². The molecular formula is C12H16ClN5. The Bertz CT molecular complexity index is 552. The van der Waals surface area contributed by atoms with E-state index in [-0.39, 0.29) is 0 Å². The lowest BCUT2D eigenvalue weighted by atomic mass is 9.98. The molecule has 0 unspecified atom stereocenters. The first-order chi connectivity index (χ1) is 8.72. The van der Waals surface area contributed by atoms with E-state index in [0.29, 0.717) is 11.1 Å². The summed E-state index contributed by atoms with van der Waals surface area (Å²) in [7, 11) is 2.18. The average molecular weight is 266 g/mol. The van der Waals surface area contributed by atoms with Gasteiger partial charge in [0.1, 0.15) is 5.52 Å². The van der Waals surface area contributed by atoms with Crippen LogP contribution in [0.1, 0.15) is 12.8 Å². The summed E-state index contributed by atoms with van der Waals surface area (Å²) in [5, 5.41) is 8.42. The molecule has 1 saturated heterocycles. The fraction of sp³-hybridized carbons (Fsp3) is 0.583. The van der Waals surface area contributed by atoms with Crippen LogP contribution in [-0.4, -0.2) is 44.8 Å². The molecule has 2 aromatic heterocycles. The highest BCUT2D eigenvalue weighted by Gasteiger charge is 2.18. The molecular weight excluding hydrogens is 250 g/mol. The summed E-state index contributed by atoms with van der Waals surface area (Å²) in [6, 6.07) is 1.76. The zero-order chi connectivity index (χ0) is 12.5. The van der Waals surface area contributed by atoms with Gasteiger partial charge in [-0.1, -0.05) is 11.6 Å². The van der Waals surface area contributed by atoms with E-state index in [1.807, 2.05) is 6.33 Å². The van der Waals surface area contributed by atoms with Crippen molar-refractivity contribution in [2.24, 2.45) is 5.92 Å². The molecule has 3 heterocycles. The Morgan fingerprint density at radius 2 is 2.33 bits per heavy atom. The summed E-state index contributed by atoms with van der Waals surface area (Å²) in [5.41, 5.74) is 1.65. The maximum atomic E-state index is 5.81. The van der Waals surface area contributed by atoms with E-state index in [1.54, 1.807) is 6.07 Å². The topological polar surface area (TPSA) is 46.8 Å². The molecule has 0 aliphatic carbocycles. The van der Waals surface area contributed by atoms with Crippen molar-refractivity contribution in [3.63, 3.8) is 0 Å². The quantitative estimate of drug-likeness (QED) is 0.831. The largest absolute Gasteiger partial charge is 0.313 e. The number of likely N-dealkylation sites (tertiary alicyclic amines) is 1. The number of imidazole rings is 1. The molecule has 0 amide bonds. The second kappa shape index (κ2) is 4.82. The smallest absolute Gasteiger partial charge is 0.182 e. The first-order valence-corrected chi connectivity index (χ1v) is 6.63. The van der Waals surface area contributed by atoms with E-state index < -0.39 is 0 Å². The van der Waals surface area contributed by atoms with Gasteiger partial charge in [-0.3, -0.25) is 0 Å². The Labute approximate surface area is 111 Å². The van der Waals surface area contributed by atoms with Crippen LogP contribution in [0, 0.1) is 5.92 Å². The summed E-state index contributed by atoms with van der Waals surface area (Å²) >= 11 is 5.81. The summed E-state index contributed by atoms with van der Waals surface area (Å²) < 4.78 is 2.09. The first-order valence-electron chi connectivity index (χ1n) is 6.25. The van der Waals surface area contributed by atoms with Gasteiger partial charge in [0.15, 0.2) is 10.8 Å². The monoisotopic (exact) mass is 265 g/mol. The highest BCUT2D eigenvalue weighted by molar-refractivity contribution is 6.29. The van der Waals surface area contributed by atoms with E-state index in [9.17, 15) is 0 Å². The minimum Gasteiger partial charge on any atom is -0.313 e. The Morgan fingerprint density at radius 1 is 1.44 bits per heavy atom. The molecule has 96 valence electrons. The lowest BCUT2D eigenvalue weighted by molar-refractivity contribution is 0.195. The highest BCUT2D eigenvalue weighted by atomic mass is 35.5. The third-order valence-corrected chi connectivity index (χ3v) is 3.70. The van der Waals surface area contributed by atoms with Gasteiger partial charge in [-0.15, -0.1) is 10.2 Å². The minimum absolute atomic E-state index is 0.394. The van der Waals surface area contributed by atoms with Crippen molar-refractivity contribution in [3.8, 4) is 0 Å². The molecule has 0 aromatic carbocycles. The van der Waals surface area contributed by atoms with Crippen LogP contribution in [0.5, 0.6) is 0 Å². The van der Waals surface area contributed by atoms with Crippen molar-refractivity contribution in [3.05, 3.63) is 17.5 Å². The second-order valence-electron chi connectivity index (χ2n) is 5.04. The maximum absolute atomic E-state index is 5.81. The number of rotatable bonds is 2. The van der Waals surface area contributed by atoms with Crippen molar-refractivity contribution < 1.29 is 0 Å². The SMILES string of the molecule is CN1CCC[C@@H](Cn2cnc3cc(Cl)nnc32)C1. The van der Waals surface area contributed by atoms with Gasteiger partial charge in [0, 0.05) is 19.2 Å². The second-order valence-corrected chi connectivity index (χ2v) is 5.43. The fourth-order valence-corrected chi connectivity index (χ4v) is 2.81. The Morgan fingerprint density at radius 3 is 3.17 bits per heavy atom. The van der Waals surface area contributed by atoms with Crippen LogP contribution in [0.3, 0.4) is 0 Å².